The Hall–Kier alpha value is -2.92. The number of carbonyl (C=O) groups excluding carboxylic acids is 1. The molecule has 0 N–H and O–H groups in total. The molecule has 0 bridgehead atoms. The highest BCUT2D eigenvalue weighted by Crippen LogP contribution is 2.34. The van der Waals surface area contributed by atoms with Gasteiger partial charge < -0.3 is 26.5 Å². The van der Waals surface area contributed by atoms with Crippen molar-refractivity contribution in [2.24, 2.45) is 0 Å². The summed E-state index contributed by atoms with van der Waals surface area (Å²) in [6.45, 7) is 0.804. The van der Waals surface area contributed by atoms with Gasteiger partial charge in [-0.05, 0) is 23.8 Å². The van der Waals surface area contributed by atoms with Gasteiger partial charge in [-0.2, -0.15) is 0 Å². The van der Waals surface area contributed by atoms with E-state index in [0.29, 0.717) is 22.8 Å². The molecule has 4 rings (SSSR count). The largest absolute Gasteiger partial charge is 1.00 e. The van der Waals surface area contributed by atoms with Crippen molar-refractivity contribution in [3.05, 3.63) is 95.5 Å². The SMILES string of the molecule is COc1ccc2c(c1)O/C(=C\c1cc[n+](Cc3ccccc3)cc1)C2=O.[Br-]. The molecule has 4 nitrogen and oxygen atoms in total. The van der Waals surface area contributed by atoms with Crippen molar-refractivity contribution >= 4 is 11.9 Å². The number of Topliss-reactive ketones (excluding diaryl/α,β-unsaturated/α-hetero) is 1. The Bertz CT molecular complexity index is 982. The second kappa shape index (κ2) is 8.18. The Balaban J connectivity index is 0.00000210. The molecule has 2 heterocycles. The fourth-order valence-electron chi connectivity index (χ4n) is 2.91. The molecular formula is C22H18BrNO3. The molecule has 1 aliphatic heterocycles. The Kier molecular flexibility index (Phi) is 5.72. The van der Waals surface area contributed by atoms with Gasteiger partial charge >= 0.3 is 0 Å². The number of nitrogens with zero attached hydrogens (tertiary/aromatic N) is 1. The zero-order valence-electron chi connectivity index (χ0n) is 14.8. The fourth-order valence-corrected chi connectivity index (χ4v) is 2.91. The van der Waals surface area contributed by atoms with Crippen LogP contribution in [0.3, 0.4) is 0 Å². The van der Waals surface area contributed by atoms with E-state index in [1.807, 2.05) is 42.7 Å². The van der Waals surface area contributed by atoms with E-state index in [2.05, 4.69) is 16.7 Å². The minimum atomic E-state index is -0.108. The van der Waals surface area contributed by atoms with Gasteiger partial charge in [0.2, 0.25) is 5.78 Å². The summed E-state index contributed by atoms with van der Waals surface area (Å²) >= 11 is 0. The molecule has 0 fully saturated rings. The number of rotatable bonds is 4. The lowest BCUT2D eigenvalue weighted by atomic mass is 10.1. The highest BCUT2D eigenvalue weighted by Gasteiger charge is 2.27. The monoisotopic (exact) mass is 423 g/mol. The molecule has 0 spiro atoms. The van der Waals surface area contributed by atoms with Crippen LogP contribution in [0.2, 0.25) is 0 Å². The summed E-state index contributed by atoms with van der Waals surface area (Å²) in [6.07, 6.45) is 5.76. The standard InChI is InChI=1S/C22H18NO3.BrH/c1-25-18-7-8-19-20(14-18)26-21(22(19)24)13-16-9-11-23(12-10-16)15-17-5-3-2-4-6-17;/h2-14H,15H2,1H3;1H/q+1;/p-1/b21-13-;. The number of hydrogen-bond acceptors (Lipinski definition) is 3. The number of pyridine rings is 1. The molecule has 27 heavy (non-hydrogen) atoms. The van der Waals surface area contributed by atoms with Crippen molar-refractivity contribution in [1.82, 2.24) is 0 Å². The summed E-state index contributed by atoms with van der Waals surface area (Å²) in [7, 11) is 1.59. The summed E-state index contributed by atoms with van der Waals surface area (Å²) in [5.74, 6) is 1.42. The second-order valence-corrected chi connectivity index (χ2v) is 6.09. The number of allylic oxidation sites excluding steroid dienone is 1. The predicted molar refractivity (Wildman–Crippen MR) is 98.1 cm³/mol. The smallest absolute Gasteiger partial charge is 0.231 e. The van der Waals surface area contributed by atoms with E-state index in [1.54, 1.807) is 31.4 Å². The molecule has 0 aliphatic carbocycles. The van der Waals surface area contributed by atoms with Gasteiger partial charge in [0.05, 0.1) is 12.7 Å². The van der Waals surface area contributed by atoms with E-state index in [0.717, 1.165) is 12.1 Å². The van der Waals surface area contributed by atoms with Gasteiger partial charge in [-0.15, -0.1) is 0 Å². The van der Waals surface area contributed by atoms with Crippen molar-refractivity contribution in [2.45, 2.75) is 6.54 Å². The maximum atomic E-state index is 12.5. The molecule has 1 aromatic heterocycles. The van der Waals surface area contributed by atoms with Crippen molar-refractivity contribution in [3.8, 4) is 11.5 Å². The normalized spacial score (nSPS) is 13.7. The number of benzene rings is 2. The van der Waals surface area contributed by atoms with Crippen LogP contribution in [0.1, 0.15) is 21.5 Å². The minimum absolute atomic E-state index is 0. The number of fused-ring (bicyclic) bond motifs is 1. The summed E-state index contributed by atoms with van der Waals surface area (Å²) in [6, 6.07) is 19.4. The first-order chi connectivity index (χ1) is 12.7. The molecule has 0 saturated carbocycles. The van der Waals surface area contributed by atoms with E-state index >= 15 is 0 Å². The van der Waals surface area contributed by atoms with Crippen LogP contribution in [0.25, 0.3) is 6.08 Å². The van der Waals surface area contributed by atoms with Gasteiger partial charge in [-0.3, -0.25) is 4.79 Å². The van der Waals surface area contributed by atoms with Crippen LogP contribution in [0, 0.1) is 0 Å². The first-order valence-electron chi connectivity index (χ1n) is 8.38. The Morgan fingerprint density at radius 1 is 1.04 bits per heavy atom. The van der Waals surface area contributed by atoms with Crippen LogP contribution in [0.5, 0.6) is 11.5 Å². The molecule has 2 aromatic carbocycles. The van der Waals surface area contributed by atoms with Gasteiger partial charge in [0, 0.05) is 23.8 Å². The summed E-state index contributed by atoms with van der Waals surface area (Å²) in [5.41, 5.74) is 2.71. The average Bonchev–Trinajstić information content (AvgIpc) is 2.99. The van der Waals surface area contributed by atoms with Crippen LogP contribution in [0.15, 0.2) is 78.8 Å². The van der Waals surface area contributed by atoms with Gasteiger partial charge in [-0.1, -0.05) is 30.3 Å². The molecule has 1 aliphatic rings. The molecule has 5 heteroatoms. The lowest BCUT2D eigenvalue weighted by Crippen LogP contribution is -3.00. The quantitative estimate of drug-likeness (QED) is 0.456. The van der Waals surface area contributed by atoms with Crippen molar-refractivity contribution in [3.63, 3.8) is 0 Å². The molecular weight excluding hydrogens is 406 g/mol. The molecule has 136 valence electrons. The van der Waals surface area contributed by atoms with E-state index in [-0.39, 0.29) is 22.8 Å². The van der Waals surface area contributed by atoms with E-state index in [9.17, 15) is 4.79 Å². The number of aromatic nitrogens is 1. The molecule has 0 unspecified atom stereocenters. The molecule has 3 aromatic rings. The van der Waals surface area contributed by atoms with Crippen molar-refractivity contribution in [1.29, 1.82) is 0 Å². The maximum Gasteiger partial charge on any atom is 0.231 e. The lowest BCUT2D eigenvalue weighted by Gasteiger charge is -2.01. The summed E-state index contributed by atoms with van der Waals surface area (Å²) in [5, 5.41) is 0. The summed E-state index contributed by atoms with van der Waals surface area (Å²) < 4.78 is 13.0. The Morgan fingerprint density at radius 3 is 2.48 bits per heavy atom. The highest BCUT2D eigenvalue weighted by molar-refractivity contribution is 6.14. The molecule has 0 amide bonds. The molecule has 0 atom stereocenters. The van der Waals surface area contributed by atoms with Crippen LogP contribution < -0.4 is 31.0 Å². The van der Waals surface area contributed by atoms with Crippen LogP contribution in [-0.4, -0.2) is 12.9 Å². The second-order valence-electron chi connectivity index (χ2n) is 6.09. The van der Waals surface area contributed by atoms with E-state index in [4.69, 9.17) is 9.47 Å². The van der Waals surface area contributed by atoms with Gasteiger partial charge in [0.25, 0.3) is 0 Å². The minimum Gasteiger partial charge on any atom is -1.00 e. The lowest BCUT2D eigenvalue weighted by molar-refractivity contribution is -0.688. The molecule has 0 radical (unpaired) electrons. The number of carbonyl (C=O) groups is 1. The van der Waals surface area contributed by atoms with Crippen molar-refractivity contribution < 1.29 is 35.8 Å². The molecule has 0 saturated heterocycles. The third-order valence-corrected chi connectivity index (χ3v) is 4.30. The topological polar surface area (TPSA) is 39.4 Å². The Labute approximate surface area is 168 Å². The third kappa shape index (κ3) is 4.09. The van der Waals surface area contributed by atoms with Gasteiger partial charge in [0.15, 0.2) is 24.7 Å². The third-order valence-electron chi connectivity index (χ3n) is 4.30. The zero-order valence-corrected chi connectivity index (χ0v) is 16.3. The fraction of sp³-hybridized carbons (Fsp3) is 0.0909. The number of halogens is 1. The number of ketones is 1. The Morgan fingerprint density at radius 2 is 1.78 bits per heavy atom. The maximum absolute atomic E-state index is 12.5. The number of ether oxygens (including phenoxy) is 2. The predicted octanol–water partition coefficient (Wildman–Crippen LogP) is 0.651. The zero-order chi connectivity index (χ0) is 17.9. The van der Waals surface area contributed by atoms with Gasteiger partial charge in [-0.25, -0.2) is 4.57 Å². The first kappa shape index (κ1) is 18.9. The van der Waals surface area contributed by atoms with Crippen molar-refractivity contribution in [2.75, 3.05) is 7.11 Å². The highest BCUT2D eigenvalue weighted by atomic mass is 79.9. The number of methoxy groups -OCH3 is 1. The first-order valence-corrected chi connectivity index (χ1v) is 8.38. The van der Waals surface area contributed by atoms with Crippen LogP contribution in [0.4, 0.5) is 0 Å². The average molecular weight is 424 g/mol. The number of hydrogen-bond donors (Lipinski definition) is 0. The van der Waals surface area contributed by atoms with E-state index < -0.39 is 0 Å². The van der Waals surface area contributed by atoms with Gasteiger partial charge in [0.1, 0.15) is 11.5 Å². The van der Waals surface area contributed by atoms with E-state index in [1.165, 1.54) is 5.56 Å². The van der Waals surface area contributed by atoms with Crippen LogP contribution >= 0.6 is 0 Å². The summed E-state index contributed by atoms with van der Waals surface area (Å²) in [4.78, 5) is 12.5. The van der Waals surface area contributed by atoms with Crippen LogP contribution in [-0.2, 0) is 6.54 Å².